The Balaban J connectivity index is 1.97. The Hall–Kier alpha value is -2.75. The van der Waals surface area contributed by atoms with E-state index in [2.05, 4.69) is 16.9 Å². The van der Waals surface area contributed by atoms with Crippen molar-refractivity contribution in [2.75, 3.05) is 11.5 Å². The fourth-order valence-corrected chi connectivity index (χ4v) is 5.38. The van der Waals surface area contributed by atoms with E-state index in [0.717, 1.165) is 25.0 Å². The lowest BCUT2D eigenvalue weighted by Gasteiger charge is -2.47. The zero-order valence-corrected chi connectivity index (χ0v) is 24.6. The van der Waals surface area contributed by atoms with E-state index in [1.165, 1.54) is 6.07 Å². The molecule has 1 unspecified atom stereocenters. The fourth-order valence-electron chi connectivity index (χ4n) is 5.12. The number of aromatic nitrogens is 2. The molecule has 1 aromatic carbocycles. The Morgan fingerprint density at radius 1 is 1.10 bits per heavy atom. The highest BCUT2D eigenvalue weighted by molar-refractivity contribution is 6.30. The first kappa shape index (κ1) is 31.8. The van der Waals surface area contributed by atoms with Crippen molar-refractivity contribution in [3.05, 3.63) is 46.7 Å². The summed E-state index contributed by atoms with van der Waals surface area (Å²) in [7, 11) is 0. The average molecular weight is 585 g/mol. The van der Waals surface area contributed by atoms with Gasteiger partial charge in [0.2, 0.25) is 5.95 Å². The van der Waals surface area contributed by atoms with Crippen molar-refractivity contribution < 1.29 is 27.4 Å². The smallest absolute Gasteiger partial charge is 0.416 e. The van der Waals surface area contributed by atoms with E-state index in [-0.39, 0.29) is 41.9 Å². The first-order valence-electron chi connectivity index (χ1n) is 14.0. The number of benzene rings is 1. The van der Waals surface area contributed by atoms with Gasteiger partial charge in [0.1, 0.15) is 0 Å². The van der Waals surface area contributed by atoms with Crippen LogP contribution in [0.4, 0.5) is 23.9 Å². The number of rotatable bonds is 11. The van der Waals surface area contributed by atoms with Gasteiger partial charge < -0.3 is 19.3 Å². The number of piperidine rings is 1. The summed E-state index contributed by atoms with van der Waals surface area (Å²) in [4.78, 5) is 25.9. The minimum Gasteiger partial charge on any atom is -0.490 e. The van der Waals surface area contributed by atoms with Crippen molar-refractivity contribution in [2.24, 2.45) is 0 Å². The van der Waals surface area contributed by atoms with Crippen LogP contribution in [-0.2, 0) is 17.5 Å². The fraction of sp³-hybridized carbons (Fsp3) is 0.621. The zero-order valence-electron chi connectivity index (χ0n) is 23.9. The first-order valence-corrected chi connectivity index (χ1v) is 14.4. The Labute approximate surface area is 240 Å². The molecule has 2 aromatic rings. The van der Waals surface area contributed by atoms with Crippen LogP contribution in [0.5, 0.6) is 5.75 Å². The quantitative estimate of drug-likeness (QED) is 0.250. The van der Waals surface area contributed by atoms with E-state index in [1.807, 2.05) is 37.5 Å². The van der Waals surface area contributed by atoms with Crippen LogP contribution in [0.2, 0.25) is 5.02 Å². The molecule has 1 aliphatic rings. The number of ether oxygens (including phenoxy) is 2. The topological polar surface area (TPSA) is 67.8 Å². The van der Waals surface area contributed by atoms with Gasteiger partial charge in [-0.15, -0.1) is 0 Å². The summed E-state index contributed by atoms with van der Waals surface area (Å²) in [6.07, 6.45) is 2.55. The molecule has 40 heavy (non-hydrogen) atoms. The summed E-state index contributed by atoms with van der Waals surface area (Å²) in [5.74, 6) is 0.910. The molecule has 0 radical (unpaired) electrons. The van der Waals surface area contributed by atoms with Gasteiger partial charge in [-0.25, -0.2) is 14.8 Å². The number of hydrogen-bond acceptors (Lipinski definition) is 6. The third-order valence-corrected chi connectivity index (χ3v) is 7.30. The van der Waals surface area contributed by atoms with Crippen LogP contribution < -0.4 is 9.64 Å². The third-order valence-electron chi connectivity index (χ3n) is 7.08. The normalized spacial score (nSPS) is 19.6. The van der Waals surface area contributed by atoms with E-state index in [9.17, 15) is 18.0 Å². The van der Waals surface area contributed by atoms with Gasteiger partial charge in [-0.1, -0.05) is 38.8 Å². The second kappa shape index (κ2) is 14.2. The number of anilines is 1. The molecule has 1 amide bonds. The van der Waals surface area contributed by atoms with Gasteiger partial charge >= 0.3 is 12.3 Å². The highest BCUT2D eigenvalue weighted by Crippen LogP contribution is 2.36. The molecule has 0 bridgehead atoms. The van der Waals surface area contributed by atoms with Crippen molar-refractivity contribution in [1.29, 1.82) is 0 Å². The van der Waals surface area contributed by atoms with E-state index in [4.69, 9.17) is 21.1 Å². The molecule has 0 N–H and O–H groups in total. The van der Waals surface area contributed by atoms with Gasteiger partial charge in [0.15, 0.2) is 5.75 Å². The minimum atomic E-state index is -4.53. The molecule has 2 heterocycles. The second-order valence-corrected chi connectivity index (χ2v) is 10.9. The van der Waals surface area contributed by atoms with Crippen LogP contribution in [0, 0.1) is 0 Å². The molecule has 1 saturated heterocycles. The number of carbonyl (C=O) groups is 1. The molecule has 3 atom stereocenters. The van der Waals surface area contributed by atoms with Crippen LogP contribution in [-0.4, -0.2) is 51.8 Å². The molecule has 1 fully saturated rings. The first-order chi connectivity index (χ1) is 19.0. The predicted octanol–water partition coefficient (Wildman–Crippen LogP) is 7.90. The van der Waals surface area contributed by atoms with Crippen molar-refractivity contribution in [2.45, 2.75) is 110 Å². The molecule has 0 saturated carbocycles. The van der Waals surface area contributed by atoms with Gasteiger partial charge in [0.25, 0.3) is 0 Å². The van der Waals surface area contributed by atoms with Crippen LogP contribution in [0.3, 0.4) is 0 Å². The largest absolute Gasteiger partial charge is 0.490 e. The molecule has 0 spiro atoms. The number of likely N-dealkylation sites (tertiary alicyclic amines) is 1. The lowest BCUT2D eigenvalue weighted by Crippen LogP contribution is -2.57. The van der Waals surface area contributed by atoms with E-state index in [0.29, 0.717) is 49.6 Å². The Kier molecular flexibility index (Phi) is 11.3. The number of amides is 1. The molecular weight excluding hydrogens is 545 g/mol. The summed E-state index contributed by atoms with van der Waals surface area (Å²) in [5.41, 5.74) is -0.408. The number of nitrogens with zero attached hydrogens (tertiary/aromatic N) is 4. The van der Waals surface area contributed by atoms with E-state index in [1.54, 1.807) is 12.4 Å². The maximum atomic E-state index is 13.6. The maximum absolute atomic E-state index is 13.6. The monoisotopic (exact) mass is 584 g/mol. The molecule has 222 valence electrons. The molecule has 1 aromatic heterocycles. The number of unbranched alkanes of at least 4 members (excludes halogenated alkanes) is 1. The van der Waals surface area contributed by atoms with Crippen molar-refractivity contribution in [3.63, 3.8) is 0 Å². The van der Waals surface area contributed by atoms with Crippen LogP contribution in [0.15, 0.2) is 30.6 Å². The Morgan fingerprint density at radius 3 is 2.25 bits per heavy atom. The molecule has 0 aliphatic carbocycles. The standard InChI is InChI=1S/C29H40ClF3N4O3/c1-6-9-10-39-26-16-34-27(35-17-26)36(18-20-11-21(29(31,32)33)13-22(30)12-20)25-14-23(7-2)37(24(8-3)15-25)28(38)40-19(4)5/h11-13,16-17,19,23-25H,6-10,14-15,18H2,1-5H3/t23-,24+,25?. The van der Waals surface area contributed by atoms with Gasteiger partial charge in [0, 0.05) is 29.7 Å². The highest BCUT2D eigenvalue weighted by atomic mass is 35.5. The molecule has 1 aliphatic heterocycles. The minimum absolute atomic E-state index is 0.00878. The second-order valence-electron chi connectivity index (χ2n) is 10.5. The lowest BCUT2D eigenvalue weighted by atomic mass is 9.87. The van der Waals surface area contributed by atoms with Crippen molar-refractivity contribution >= 4 is 23.6 Å². The van der Waals surface area contributed by atoms with Crippen LogP contribution in [0.25, 0.3) is 0 Å². The molecule has 11 heteroatoms. The Morgan fingerprint density at radius 2 is 1.73 bits per heavy atom. The van der Waals surface area contributed by atoms with Crippen molar-refractivity contribution in [1.82, 2.24) is 14.9 Å². The summed E-state index contributed by atoms with van der Waals surface area (Å²) < 4.78 is 52.0. The van der Waals surface area contributed by atoms with Crippen LogP contribution in [0.1, 0.15) is 84.3 Å². The van der Waals surface area contributed by atoms with Gasteiger partial charge in [-0.2, -0.15) is 13.2 Å². The number of halogens is 4. The molecule has 7 nitrogen and oxygen atoms in total. The van der Waals surface area contributed by atoms with Crippen LogP contribution >= 0.6 is 11.6 Å². The average Bonchev–Trinajstić information content (AvgIpc) is 2.90. The highest BCUT2D eigenvalue weighted by Gasteiger charge is 2.41. The van der Waals surface area contributed by atoms with Gasteiger partial charge in [0.05, 0.1) is 30.7 Å². The van der Waals surface area contributed by atoms with Gasteiger partial charge in [-0.3, -0.25) is 0 Å². The number of carbonyl (C=O) groups excluding carboxylic acids is 1. The number of hydrogen-bond donors (Lipinski definition) is 0. The summed E-state index contributed by atoms with van der Waals surface area (Å²) in [5, 5.41) is 0.00878. The third kappa shape index (κ3) is 8.38. The predicted molar refractivity (Wildman–Crippen MR) is 150 cm³/mol. The van der Waals surface area contributed by atoms with Crippen molar-refractivity contribution in [3.8, 4) is 5.75 Å². The maximum Gasteiger partial charge on any atom is 0.416 e. The summed E-state index contributed by atoms with van der Waals surface area (Å²) in [6, 6.07) is 3.21. The van der Waals surface area contributed by atoms with E-state index >= 15 is 0 Å². The summed E-state index contributed by atoms with van der Waals surface area (Å²) in [6.45, 7) is 10.4. The lowest BCUT2D eigenvalue weighted by molar-refractivity contribution is -0.137. The molecular formula is C29H40ClF3N4O3. The SMILES string of the molecule is CCCCOc1cnc(N(Cc2cc(Cl)cc(C(F)(F)F)c2)C2C[C@@H](CC)N(C(=O)OC(C)C)[C@@H](CC)C2)nc1. The molecule has 3 rings (SSSR count). The Bertz CT molecular complexity index is 1090. The zero-order chi connectivity index (χ0) is 29.4. The number of alkyl halides is 3. The van der Waals surface area contributed by atoms with Gasteiger partial charge in [-0.05, 0) is 69.7 Å². The summed E-state index contributed by atoms with van der Waals surface area (Å²) >= 11 is 6.11. The van der Waals surface area contributed by atoms with E-state index < -0.39 is 11.7 Å².